The van der Waals surface area contributed by atoms with E-state index in [0.29, 0.717) is 29.6 Å². The number of rotatable bonds is 5. The molecule has 0 aliphatic heterocycles. The number of carbonyl (C=O) groups is 1. The number of amides is 1. The van der Waals surface area contributed by atoms with Crippen molar-refractivity contribution in [1.82, 2.24) is 14.5 Å². The quantitative estimate of drug-likeness (QED) is 0.442. The fourth-order valence-corrected chi connectivity index (χ4v) is 4.23. The number of aromatic amines is 1. The van der Waals surface area contributed by atoms with Crippen molar-refractivity contribution in [3.63, 3.8) is 0 Å². The molecule has 0 aliphatic carbocycles. The molecule has 1 N–H and O–H groups in total. The van der Waals surface area contributed by atoms with E-state index < -0.39 is 0 Å². The predicted octanol–water partition coefficient (Wildman–Crippen LogP) is 5.79. The fourth-order valence-electron chi connectivity index (χ4n) is 3.72. The Morgan fingerprint density at radius 3 is 2.71 bits per heavy atom. The molecule has 0 saturated heterocycles. The van der Waals surface area contributed by atoms with E-state index in [1.54, 1.807) is 4.90 Å². The maximum absolute atomic E-state index is 12.7. The summed E-state index contributed by atoms with van der Waals surface area (Å²) in [7, 11) is 1.83. The van der Waals surface area contributed by atoms with Gasteiger partial charge in [-0.15, -0.1) is 0 Å². The van der Waals surface area contributed by atoms with Gasteiger partial charge in [0.15, 0.2) is 0 Å². The van der Waals surface area contributed by atoms with E-state index in [9.17, 15) is 4.79 Å². The molecule has 28 heavy (non-hydrogen) atoms. The third kappa shape index (κ3) is 3.62. The number of fused-ring (bicyclic) bond motifs is 2. The Morgan fingerprint density at radius 2 is 1.89 bits per heavy atom. The van der Waals surface area contributed by atoms with Crippen LogP contribution in [0.3, 0.4) is 0 Å². The SMILES string of the molecule is Cc1cc(Cl)cc2c1ccn2CCC(=O)N(C)Cc1cc(Cl)cc2[nH]ccc12. The Balaban J connectivity index is 1.47. The van der Waals surface area contributed by atoms with Crippen LogP contribution >= 0.6 is 23.2 Å². The summed E-state index contributed by atoms with van der Waals surface area (Å²) in [5.74, 6) is 0.0873. The van der Waals surface area contributed by atoms with Crippen LogP contribution in [0.5, 0.6) is 0 Å². The summed E-state index contributed by atoms with van der Waals surface area (Å²) in [5, 5.41) is 3.63. The predicted molar refractivity (Wildman–Crippen MR) is 116 cm³/mol. The minimum absolute atomic E-state index is 0.0873. The van der Waals surface area contributed by atoms with E-state index >= 15 is 0 Å². The van der Waals surface area contributed by atoms with Crippen LogP contribution in [0.15, 0.2) is 48.8 Å². The summed E-state index contributed by atoms with van der Waals surface area (Å²) in [5.41, 5.74) is 4.22. The largest absolute Gasteiger partial charge is 0.361 e. The minimum atomic E-state index is 0.0873. The zero-order valence-electron chi connectivity index (χ0n) is 15.8. The third-order valence-corrected chi connectivity index (χ3v) is 5.62. The molecule has 6 heteroatoms. The van der Waals surface area contributed by atoms with Crippen LogP contribution in [-0.4, -0.2) is 27.4 Å². The number of aromatic nitrogens is 2. The molecule has 0 bridgehead atoms. The molecular formula is C22H21Cl2N3O. The van der Waals surface area contributed by atoms with Crippen LogP contribution < -0.4 is 0 Å². The van der Waals surface area contributed by atoms with Crippen molar-refractivity contribution in [3.8, 4) is 0 Å². The van der Waals surface area contributed by atoms with Gasteiger partial charge >= 0.3 is 0 Å². The highest BCUT2D eigenvalue weighted by molar-refractivity contribution is 6.31. The van der Waals surface area contributed by atoms with Crippen LogP contribution in [0.4, 0.5) is 0 Å². The van der Waals surface area contributed by atoms with Gasteiger partial charge in [0.2, 0.25) is 5.91 Å². The summed E-state index contributed by atoms with van der Waals surface area (Å²) >= 11 is 12.4. The highest BCUT2D eigenvalue weighted by Gasteiger charge is 2.13. The van der Waals surface area contributed by atoms with E-state index in [1.165, 1.54) is 5.39 Å². The van der Waals surface area contributed by atoms with Crippen molar-refractivity contribution in [3.05, 3.63) is 70.0 Å². The van der Waals surface area contributed by atoms with Gasteiger partial charge in [-0.3, -0.25) is 4.79 Å². The Morgan fingerprint density at radius 1 is 1.11 bits per heavy atom. The number of carbonyl (C=O) groups excluding carboxylic acids is 1. The zero-order valence-corrected chi connectivity index (χ0v) is 17.3. The molecular weight excluding hydrogens is 393 g/mol. The van der Waals surface area contributed by atoms with Gasteiger partial charge in [-0.2, -0.15) is 0 Å². The zero-order chi connectivity index (χ0) is 19.8. The van der Waals surface area contributed by atoms with Crippen molar-refractivity contribution in [2.45, 2.75) is 26.4 Å². The lowest BCUT2D eigenvalue weighted by molar-refractivity contribution is -0.130. The highest BCUT2D eigenvalue weighted by Crippen LogP contribution is 2.26. The molecule has 4 rings (SSSR count). The molecule has 2 heterocycles. The lowest BCUT2D eigenvalue weighted by Gasteiger charge is -2.18. The Labute approximate surface area is 173 Å². The van der Waals surface area contributed by atoms with Gasteiger partial charge in [-0.25, -0.2) is 0 Å². The molecule has 0 saturated carbocycles. The molecule has 2 aromatic heterocycles. The number of nitrogens with one attached hydrogen (secondary N) is 1. The normalized spacial score (nSPS) is 11.4. The fraction of sp³-hybridized carbons (Fsp3) is 0.227. The molecule has 2 aromatic carbocycles. The molecule has 4 aromatic rings. The standard InChI is InChI=1S/C22H21Cl2N3O/c1-14-9-16(23)12-21-18(14)4-7-27(21)8-5-22(28)26(2)13-15-10-17(24)11-20-19(15)3-6-25-20/h3-4,6-7,9-12,25H,5,8,13H2,1-2H3. The van der Waals surface area contributed by atoms with Gasteiger partial charge in [0, 0.05) is 70.8 Å². The van der Waals surface area contributed by atoms with Gasteiger partial charge in [-0.05, 0) is 54.4 Å². The minimum Gasteiger partial charge on any atom is -0.361 e. The topological polar surface area (TPSA) is 41.0 Å². The highest BCUT2D eigenvalue weighted by atomic mass is 35.5. The Kier molecular flexibility index (Phi) is 5.09. The number of H-pyrrole nitrogens is 1. The second kappa shape index (κ2) is 7.53. The number of benzene rings is 2. The van der Waals surface area contributed by atoms with Crippen LogP contribution in [0.2, 0.25) is 10.0 Å². The molecule has 144 valence electrons. The molecule has 0 fully saturated rings. The van der Waals surface area contributed by atoms with Crippen LogP contribution in [0.25, 0.3) is 21.8 Å². The lowest BCUT2D eigenvalue weighted by Crippen LogP contribution is -2.27. The van der Waals surface area contributed by atoms with E-state index in [-0.39, 0.29) is 5.91 Å². The number of nitrogens with zero attached hydrogens (tertiary/aromatic N) is 2. The van der Waals surface area contributed by atoms with Crippen molar-refractivity contribution in [2.24, 2.45) is 0 Å². The van der Waals surface area contributed by atoms with Crippen LogP contribution in [0.1, 0.15) is 17.5 Å². The van der Waals surface area contributed by atoms with Crippen molar-refractivity contribution < 1.29 is 4.79 Å². The summed E-state index contributed by atoms with van der Waals surface area (Å²) in [6.45, 7) is 3.18. The average Bonchev–Trinajstić information content (AvgIpc) is 3.26. The van der Waals surface area contributed by atoms with Crippen molar-refractivity contribution in [1.29, 1.82) is 0 Å². The molecule has 0 spiro atoms. The smallest absolute Gasteiger partial charge is 0.224 e. The Hall–Kier alpha value is -2.43. The monoisotopic (exact) mass is 413 g/mol. The van der Waals surface area contributed by atoms with Crippen molar-refractivity contribution >= 4 is 50.9 Å². The summed E-state index contributed by atoms with van der Waals surface area (Å²) in [6, 6.07) is 11.8. The van der Waals surface area contributed by atoms with Gasteiger partial charge in [0.1, 0.15) is 0 Å². The van der Waals surface area contributed by atoms with Crippen LogP contribution in [-0.2, 0) is 17.9 Å². The number of hydrogen-bond acceptors (Lipinski definition) is 1. The van der Waals surface area contributed by atoms with Gasteiger partial charge in [0.05, 0.1) is 0 Å². The van der Waals surface area contributed by atoms with E-state index in [4.69, 9.17) is 23.2 Å². The van der Waals surface area contributed by atoms with E-state index in [1.807, 2.05) is 56.7 Å². The summed E-state index contributed by atoms with van der Waals surface area (Å²) in [6.07, 6.45) is 4.32. The molecule has 0 aliphatic rings. The number of halogens is 2. The molecule has 0 atom stereocenters. The first-order valence-electron chi connectivity index (χ1n) is 9.17. The molecule has 0 unspecified atom stereocenters. The first-order chi connectivity index (χ1) is 13.4. The number of hydrogen-bond donors (Lipinski definition) is 1. The number of aryl methyl sites for hydroxylation is 2. The van der Waals surface area contributed by atoms with Crippen LogP contribution in [0, 0.1) is 6.92 Å². The molecule has 4 nitrogen and oxygen atoms in total. The molecule has 0 radical (unpaired) electrons. The van der Waals surface area contributed by atoms with Crippen molar-refractivity contribution in [2.75, 3.05) is 7.05 Å². The Bertz CT molecular complexity index is 1180. The maximum atomic E-state index is 12.7. The van der Waals surface area contributed by atoms with Gasteiger partial charge in [-0.1, -0.05) is 23.2 Å². The maximum Gasteiger partial charge on any atom is 0.224 e. The molecule has 1 amide bonds. The lowest BCUT2D eigenvalue weighted by atomic mass is 10.1. The average molecular weight is 414 g/mol. The summed E-state index contributed by atoms with van der Waals surface area (Å²) < 4.78 is 2.09. The second-order valence-electron chi connectivity index (χ2n) is 7.17. The first kappa shape index (κ1) is 18.9. The van der Waals surface area contributed by atoms with E-state index in [0.717, 1.165) is 27.5 Å². The van der Waals surface area contributed by atoms with Gasteiger partial charge in [0.25, 0.3) is 0 Å². The van der Waals surface area contributed by atoms with E-state index in [2.05, 4.69) is 15.6 Å². The first-order valence-corrected chi connectivity index (χ1v) is 9.92. The third-order valence-electron chi connectivity index (χ3n) is 5.18. The summed E-state index contributed by atoms with van der Waals surface area (Å²) in [4.78, 5) is 17.6. The second-order valence-corrected chi connectivity index (χ2v) is 8.04. The van der Waals surface area contributed by atoms with Gasteiger partial charge < -0.3 is 14.5 Å².